The molecule has 1 aromatic rings. The molecule has 24 heavy (non-hydrogen) atoms. The Hall–Kier alpha value is -2.26. The highest BCUT2D eigenvalue weighted by atomic mass is 16.7. The van der Waals surface area contributed by atoms with Gasteiger partial charge in [-0.15, -0.1) is 5.10 Å². The number of hydroxylamine groups is 2. The molecule has 1 aliphatic rings. The molecule has 0 spiro atoms. The number of aryl methyl sites for hydroxylation is 1. The minimum absolute atomic E-state index is 0.0179. The second-order valence-electron chi connectivity index (χ2n) is 5.77. The van der Waals surface area contributed by atoms with Crippen LogP contribution in [0.3, 0.4) is 0 Å². The van der Waals surface area contributed by atoms with Gasteiger partial charge in [0.15, 0.2) is 0 Å². The van der Waals surface area contributed by atoms with Crippen molar-refractivity contribution in [2.24, 2.45) is 0 Å². The van der Waals surface area contributed by atoms with E-state index in [4.69, 9.17) is 9.94 Å². The lowest BCUT2D eigenvalue weighted by Crippen LogP contribution is -2.45. The van der Waals surface area contributed by atoms with Crippen molar-refractivity contribution in [3.63, 3.8) is 0 Å². The van der Waals surface area contributed by atoms with E-state index < -0.39 is 5.97 Å². The van der Waals surface area contributed by atoms with Gasteiger partial charge in [0.05, 0.1) is 36.7 Å². The molecule has 1 aromatic heterocycles. The Bertz CT molecular complexity index is 600. The normalized spacial score (nSPS) is 18.2. The summed E-state index contributed by atoms with van der Waals surface area (Å²) < 4.78 is 1.63. The molecule has 2 rings (SSSR count). The Morgan fingerprint density at radius 2 is 2.38 bits per heavy atom. The third-order valence-corrected chi connectivity index (χ3v) is 3.62. The summed E-state index contributed by atoms with van der Waals surface area (Å²) in [6.45, 7) is 3.77. The number of rotatable bonds is 9. The molecule has 1 atom stereocenters. The number of carboxylic acid groups (broad SMARTS) is 1. The van der Waals surface area contributed by atoms with Crippen molar-refractivity contribution in [2.75, 3.05) is 26.7 Å². The van der Waals surface area contributed by atoms with Gasteiger partial charge in [0.2, 0.25) is 6.41 Å². The van der Waals surface area contributed by atoms with Gasteiger partial charge in [-0.3, -0.25) is 19.3 Å². The Morgan fingerprint density at radius 3 is 3.04 bits per heavy atom. The van der Waals surface area contributed by atoms with Gasteiger partial charge >= 0.3 is 5.97 Å². The summed E-state index contributed by atoms with van der Waals surface area (Å²) in [6.07, 6.45) is 5.52. The number of hydrogen-bond donors (Lipinski definition) is 1. The number of carbonyl (C=O) groups excluding carboxylic acids is 1. The van der Waals surface area contributed by atoms with E-state index in [2.05, 4.69) is 15.2 Å². The number of hydrogen-bond acceptors (Lipinski definition) is 6. The quantitative estimate of drug-likeness (QED) is 0.509. The smallest absolute Gasteiger partial charge is 0.303 e. The molecular weight excluding hydrogens is 314 g/mol. The lowest BCUT2D eigenvalue weighted by atomic mass is 10.1. The summed E-state index contributed by atoms with van der Waals surface area (Å²) in [6, 6.07) is -0.213. The molecule has 0 bridgehead atoms. The first kappa shape index (κ1) is 18.1. The number of likely N-dealkylation sites (N-methyl/N-ethyl adjacent to an activating group) is 1. The number of aromatic nitrogens is 3. The van der Waals surface area contributed by atoms with E-state index >= 15 is 0 Å². The lowest BCUT2D eigenvalue weighted by molar-refractivity contribution is -0.182. The average molecular weight is 337 g/mol. The van der Waals surface area contributed by atoms with E-state index in [1.807, 2.05) is 20.0 Å². The van der Waals surface area contributed by atoms with Crippen LogP contribution in [-0.4, -0.2) is 75.2 Å². The fourth-order valence-corrected chi connectivity index (χ4v) is 2.48. The molecule has 1 aliphatic heterocycles. The van der Waals surface area contributed by atoms with Crippen LogP contribution in [0.5, 0.6) is 0 Å². The summed E-state index contributed by atoms with van der Waals surface area (Å²) >= 11 is 0. The van der Waals surface area contributed by atoms with E-state index in [0.29, 0.717) is 38.2 Å². The van der Waals surface area contributed by atoms with Gasteiger partial charge in [0, 0.05) is 19.5 Å². The number of carbonyl (C=O) groups is 2. The third-order valence-electron chi connectivity index (χ3n) is 3.62. The molecule has 2 heterocycles. The van der Waals surface area contributed by atoms with Crippen molar-refractivity contribution in [1.29, 1.82) is 0 Å². The Labute approximate surface area is 140 Å². The van der Waals surface area contributed by atoms with Gasteiger partial charge in [-0.2, -0.15) is 0 Å². The maximum atomic E-state index is 11.3. The standard InChI is InChI=1S/C15H23N5O4/c1-3-6-24-20(11-21)14-7-13(9-18(2)10-14)19-8-12(16-17-19)4-5-15(22)23/h7-8,11,14H,3-6,9-10H2,1-2H3,(H,22,23). The Kier molecular flexibility index (Phi) is 6.44. The molecule has 0 aliphatic carbocycles. The van der Waals surface area contributed by atoms with Gasteiger partial charge in [0.25, 0.3) is 0 Å². The van der Waals surface area contributed by atoms with E-state index in [-0.39, 0.29) is 12.5 Å². The van der Waals surface area contributed by atoms with Crippen LogP contribution in [0, 0.1) is 0 Å². The zero-order valence-electron chi connectivity index (χ0n) is 14.0. The van der Waals surface area contributed by atoms with Crippen LogP contribution in [0.15, 0.2) is 12.3 Å². The number of aliphatic carboxylic acids is 1. The van der Waals surface area contributed by atoms with Crippen LogP contribution < -0.4 is 0 Å². The summed E-state index contributed by atoms with van der Waals surface area (Å²) in [7, 11) is 1.95. The van der Waals surface area contributed by atoms with Gasteiger partial charge < -0.3 is 5.11 Å². The topological polar surface area (TPSA) is 101 Å². The summed E-state index contributed by atoms with van der Waals surface area (Å²) in [4.78, 5) is 29.4. The van der Waals surface area contributed by atoms with Crippen LogP contribution >= 0.6 is 0 Å². The van der Waals surface area contributed by atoms with Gasteiger partial charge in [0.1, 0.15) is 0 Å². The van der Waals surface area contributed by atoms with Crippen molar-refractivity contribution >= 4 is 18.1 Å². The van der Waals surface area contributed by atoms with Crippen molar-refractivity contribution in [3.05, 3.63) is 18.0 Å². The molecule has 0 saturated heterocycles. The van der Waals surface area contributed by atoms with E-state index in [1.165, 1.54) is 5.06 Å². The highest BCUT2D eigenvalue weighted by Gasteiger charge is 2.24. The first-order valence-electron chi connectivity index (χ1n) is 7.92. The van der Waals surface area contributed by atoms with Crippen LogP contribution in [0.25, 0.3) is 5.70 Å². The van der Waals surface area contributed by atoms with E-state index in [0.717, 1.165) is 12.1 Å². The fraction of sp³-hybridized carbons (Fsp3) is 0.600. The summed E-state index contributed by atoms with van der Waals surface area (Å²) in [5.74, 6) is -0.865. The molecule has 1 N–H and O–H groups in total. The zero-order valence-corrected chi connectivity index (χ0v) is 14.0. The van der Waals surface area contributed by atoms with Gasteiger partial charge in [-0.1, -0.05) is 12.1 Å². The molecule has 9 heteroatoms. The molecule has 1 unspecified atom stereocenters. The minimum atomic E-state index is -0.865. The first-order valence-corrected chi connectivity index (χ1v) is 7.92. The highest BCUT2D eigenvalue weighted by molar-refractivity contribution is 5.66. The molecule has 0 saturated carbocycles. The summed E-state index contributed by atoms with van der Waals surface area (Å²) in [5.41, 5.74) is 1.49. The maximum absolute atomic E-state index is 11.3. The summed E-state index contributed by atoms with van der Waals surface area (Å²) in [5, 5.41) is 18.1. The molecule has 0 radical (unpaired) electrons. The lowest BCUT2D eigenvalue weighted by Gasteiger charge is -2.33. The predicted octanol–water partition coefficient (Wildman–Crippen LogP) is 0.250. The minimum Gasteiger partial charge on any atom is -0.481 e. The SMILES string of the molecule is CCCON(C=O)C1C=C(n2cc(CCC(=O)O)nn2)CN(C)C1. The Morgan fingerprint density at radius 1 is 1.58 bits per heavy atom. The molecule has 1 amide bonds. The average Bonchev–Trinajstić information content (AvgIpc) is 3.02. The number of amides is 1. The van der Waals surface area contributed by atoms with Crippen LogP contribution in [0.4, 0.5) is 0 Å². The van der Waals surface area contributed by atoms with Gasteiger partial charge in [-0.05, 0) is 19.5 Å². The highest BCUT2D eigenvalue weighted by Crippen LogP contribution is 2.17. The second-order valence-corrected chi connectivity index (χ2v) is 5.77. The monoisotopic (exact) mass is 337 g/mol. The van der Waals surface area contributed by atoms with Crippen LogP contribution in [0.1, 0.15) is 25.5 Å². The van der Waals surface area contributed by atoms with Crippen LogP contribution in [0.2, 0.25) is 0 Å². The van der Waals surface area contributed by atoms with Gasteiger partial charge in [-0.25, -0.2) is 9.75 Å². The fourth-order valence-electron chi connectivity index (χ4n) is 2.48. The van der Waals surface area contributed by atoms with Crippen molar-refractivity contribution in [2.45, 2.75) is 32.2 Å². The molecule has 9 nitrogen and oxygen atoms in total. The Balaban J connectivity index is 2.12. The molecule has 0 fully saturated rings. The number of carboxylic acids is 1. The third kappa shape index (κ3) is 4.87. The van der Waals surface area contributed by atoms with E-state index in [9.17, 15) is 9.59 Å². The second kappa shape index (κ2) is 8.55. The molecular formula is C15H23N5O4. The number of nitrogens with zero attached hydrogens (tertiary/aromatic N) is 5. The maximum Gasteiger partial charge on any atom is 0.303 e. The largest absolute Gasteiger partial charge is 0.481 e. The van der Waals surface area contributed by atoms with Crippen molar-refractivity contribution in [1.82, 2.24) is 25.0 Å². The first-order chi connectivity index (χ1) is 11.5. The molecule has 0 aromatic carbocycles. The predicted molar refractivity (Wildman–Crippen MR) is 85.7 cm³/mol. The molecule has 132 valence electrons. The van der Waals surface area contributed by atoms with Crippen molar-refractivity contribution in [3.8, 4) is 0 Å². The van der Waals surface area contributed by atoms with Crippen molar-refractivity contribution < 1.29 is 19.5 Å². The van der Waals surface area contributed by atoms with E-state index in [1.54, 1.807) is 10.9 Å². The van der Waals surface area contributed by atoms with Crippen LogP contribution in [-0.2, 0) is 20.8 Å². The zero-order chi connectivity index (χ0) is 17.5.